The predicted octanol–water partition coefficient (Wildman–Crippen LogP) is 3.01. The quantitative estimate of drug-likeness (QED) is 0.783. The van der Waals surface area contributed by atoms with Crippen molar-refractivity contribution in [2.45, 2.75) is 44.7 Å². The monoisotopic (exact) mass is 397 g/mol. The average molecular weight is 398 g/mol. The maximum absolute atomic E-state index is 13.1. The van der Waals surface area contributed by atoms with E-state index in [9.17, 15) is 9.59 Å². The molecule has 5 heterocycles. The molecule has 0 saturated carbocycles. The molecule has 5 nitrogen and oxygen atoms in total. The molecule has 2 aromatic heterocycles. The molecule has 2 bridgehead atoms. The van der Waals surface area contributed by atoms with Gasteiger partial charge in [-0.25, -0.2) is 0 Å². The van der Waals surface area contributed by atoms with Crippen molar-refractivity contribution in [3.63, 3.8) is 0 Å². The Morgan fingerprint density at radius 2 is 1.93 bits per heavy atom. The first-order chi connectivity index (χ1) is 13.6. The summed E-state index contributed by atoms with van der Waals surface area (Å²) in [5, 5.41) is 2.03. The number of hydrogen-bond acceptors (Lipinski definition) is 4. The second kappa shape index (κ2) is 7.16. The molecule has 5 rings (SSSR count). The second-order valence-corrected chi connectivity index (χ2v) is 9.50. The van der Waals surface area contributed by atoms with Crippen LogP contribution < -0.4 is 5.56 Å². The SMILES string of the molecule is CC(=O)N1CCC(N2CC3CC(C2)c2ccc(-c4cccs4)c(=O)n2C3)CC1. The molecule has 0 aromatic carbocycles. The molecule has 3 aliphatic heterocycles. The molecule has 0 radical (unpaired) electrons. The van der Waals surface area contributed by atoms with Crippen molar-refractivity contribution >= 4 is 17.2 Å². The lowest BCUT2D eigenvalue weighted by atomic mass is 9.81. The Hall–Kier alpha value is -1.92. The Morgan fingerprint density at radius 1 is 1.11 bits per heavy atom. The summed E-state index contributed by atoms with van der Waals surface area (Å²) in [4.78, 5) is 30.4. The highest BCUT2D eigenvalue weighted by atomic mass is 32.1. The molecular formula is C22H27N3O2S. The number of hydrogen-bond donors (Lipinski definition) is 0. The summed E-state index contributed by atoms with van der Waals surface area (Å²) in [5.74, 6) is 1.20. The van der Waals surface area contributed by atoms with Crippen LogP contribution in [0.25, 0.3) is 10.4 Å². The van der Waals surface area contributed by atoms with Crippen LogP contribution in [-0.4, -0.2) is 52.5 Å². The van der Waals surface area contributed by atoms with E-state index in [2.05, 4.69) is 15.5 Å². The van der Waals surface area contributed by atoms with E-state index in [4.69, 9.17) is 0 Å². The van der Waals surface area contributed by atoms with Gasteiger partial charge in [-0.1, -0.05) is 6.07 Å². The topological polar surface area (TPSA) is 45.6 Å². The first-order valence-corrected chi connectivity index (χ1v) is 11.3. The van der Waals surface area contributed by atoms with Crippen molar-refractivity contribution in [1.29, 1.82) is 0 Å². The van der Waals surface area contributed by atoms with Crippen molar-refractivity contribution in [3.05, 3.63) is 45.7 Å². The number of carbonyl (C=O) groups excluding carboxylic acids is 1. The molecule has 2 unspecified atom stereocenters. The van der Waals surface area contributed by atoms with Crippen LogP contribution in [0.5, 0.6) is 0 Å². The van der Waals surface area contributed by atoms with Gasteiger partial charge in [-0.05, 0) is 48.8 Å². The van der Waals surface area contributed by atoms with Gasteiger partial charge in [0.25, 0.3) is 5.56 Å². The fraction of sp³-hybridized carbons (Fsp3) is 0.545. The summed E-state index contributed by atoms with van der Waals surface area (Å²) in [6.07, 6.45) is 3.34. The second-order valence-electron chi connectivity index (χ2n) is 8.55. The van der Waals surface area contributed by atoms with Crippen LogP contribution in [0.2, 0.25) is 0 Å². The lowest BCUT2D eigenvalue weighted by Gasteiger charge is -2.47. The summed E-state index contributed by atoms with van der Waals surface area (Å²) in [6.45, 7) is 6.39. The van der Waals surface area contributed by atoms with E-state index in [-0.39, 0.29) is 11.5 Å². The van der Waals surface area contributed by atoms with Gasteiger partial charge in [-0.15, -0.1) is 11.3 Å². The molecule has 1 amide bonds. The number of aromatic nitrogens is 1. The maximum Gasteiger partial charge on any atom is 0.259 e. The van der Waals surface area contributed by atoms with E-state index in [1.807, 2.05) is 28.5 Å². The fourth-order valence-electron chi connectivity index (χ4n) is 5.45. The van der Waals surface area contributed by atoms with Gasteiger partial charge in [0.2, 0.25) is 5.91 Å². The normalized spacial score (nSPS) is 25.5. The Kier molecular flexibility index (Phi) is 4.63. The zero-order valence-corrected chi connectivity index (χ0v) is 17.2. The van der Waals surface area contributed by atoms with E-state index in [1.165, 1.54) is 12.1 Å². The number of fused-ring (bicyclic) bond motifs is 4. The van der Waals surface area contributed by atoms with E-state index >= 15 is 0 Å². The highest BCUT2D eigenvalue weighted by Crippen LogP contribution is 2.37. The number of pyridine rings is 1. The van der Waals surface area contributed by atoms with Crippen LogP contribution in [-0.2, 0) is 11.3 Å². The summed E-state index contributed by atoms with van der Waals surface area (Å²) in [5.41, 5.74) is 2.23. The molecule has 6 heteroatoms. The largest absolute Gasteiger partial charge is 0.343 e. The third kappa shape index (κ3) is 3.12. The third-order valence-corrected chi connectivity index (χ3v) is 7.75. The molecule has 0 aliphatic carbocycles. The Bertz CT molecular complexity index is 928. The van der Waals surface area contributed by atoms with E-state index in [0.717, 1.165) is 56.0 Å². The van der Waals surface area contributed by atoms with Crippen molar-refractivity contribution in [3.8, 4) is 10.4 Å². The summed E-state index contributed by atoms with van der Waals surface area (Å²) < 4.78 is 2.06. The first-order valence-electron chi connectivity index (χ1n) is 10.4. The van der Waals surface area contributed by atoms with Crippen molar-refractivity contribution in [1.82, 2.24) is 14.4 Å². The molecule has 28 heavy (non-hydrogen) atoms. The van der Waals surface area contributed by atoms with Crippen molar-refractivity contribution in [2.75, 3.05) is 26.2 Å². The molecule has 2 atom stereocenters. The van der Waals surface area contributed by atoms with Crippen molar-refractivity contribution in [2.24, 2.45) is 5.92 Å². The number of carbonyl (C=O) groups is 1. The zero-order valence-electron chi connectivity index (χ0n) is 16.3. The predicted molar refractivity (Wildman–Crippen MR) is 112 cm³/mol. The number of amides is 1. The molecular weight excluding hydrogens is 370 g/mol. The lowest BCUT2D eigenvalue weighted by Crippen LogP contribution is -2.53. The van der Waals surface area contributed by atoms with Crippen LogP contribution in [0.1, 0.15) is 37.8 Å². The smallest absolute Gasteiger partial charge is 0.259 e. The van der Waals surface area contributed by atoms with E-state index in [0.29, 0.717) is 17.9 Å². The van der Waals surface area contributed by atoms with Gasteiger partial charge >= 0.3 is 0 Å². The minimum atomic E-state index is 0.179. The number of piperidine rings is 2. The molecule has 2 aromatic rings. The van der Waals surface area contributed by atoms with Gasteiger partial charge in [-0.2, -0.15) is 0 Å². The van der Waals surface area contributed by atoms with Crippen LogP contribution in [0, 0.1) is 5.92 Å². The molecule has 2 saturated heterocycles. The van der Waals surface area contributed by atoms with E-state index in [1.54, 1.807) is 18.3 Å². The summed E-state index contributed by atoms with van der Waals surface area (Å²) in [7, 11) is 0. The highest BCUT2D eigenvalue weighted by Gasteiger charge is 2.38. The molecule has 2 fully saturated rings. The average Bonchev–Trinajstić information content (AvgIpc) is 3.23. The fourth-order valence-corrected chi connectivity index (χ4v) is 6.19. The number of nitrogens with zero attached hydrogens (tertiary/aromatic N) is 3. The first kappa shape index (κ1) is 18.1. The molecule has 0 N–H and O–H groups in total. The van der Waals surface area contributed by atoms with Crippen LogP contribution in [0.15, 0.2) is 34.4 Å². The minimum absolute atomic E-state index is 0.179. The Morgan fingerprint density at radius 3 is 2.64 bits per heavy atom. The van der Waals surface area contributed by atoms with Gasteiger partial charge in [0.1, 0.15) is 0 Å². The minimum Gasteiger partial charge on any atom is -0.343 e. The summed E-state index contributed by atoms with van der Waals surface area (Å²) >= 11 is 1.63. The maximum atomic E-state index is 13.1. The van der Waals surface area contributed by atoms with E-state index < -0.39 is 0 Å². The number of thiophene rings is 1. The van der Waals surface area contributed by atoms with Gasteiger partial charge in [0.15, 0.2) is 0 Å². The zero-order chi connectivity index (χ0) is 19.3. The van der Waals surface area contributed by atoms with Gasteiger partial charge < -0.3 is 9.47 Å². The van der Waals surface area contributed by atoms with Gasteiger partial charge in [-0.3, -0.25) is 14.5 Å². The number of likely N-dealkylation sites (tertiary alicyclic amines) is 2. The Balaban J connectivity index is 1.37. The highest BCUT2D eigenvalue weighted by molar-refractivity contribution is 7.13. The van der Waals surface area contributed by atoms with Crippen molar-refractivity contribution < 1.29 is 4.79 Å². The number of rotatable bonds is 2. The Labute approximate surface area is 169 Å². The van der Waals surface area contributed by atoms with Gasteiger partial charge in [0.05, 0.1) is 5.56 Å². The van der Waals surface area contributed by atoms with Crippen LogP contribution >= 0.6 is 11.3 Å². The third-order valence-electron chi connectivity index (χ3n) is 6.85. The molecule has 148 valence electrons. The lowest BCUT2D eigenvalue weighted by molar-refractivity contribution is -0.130. The molecule has 3 aliphatic rings. The standard InChI is InChI=1S/C22H27N3O2S/c1-15(26)23-8-6-18(7-9-23)24-12-16-11-17(14-24)20-5-4-19(21-3-2-10-28-21)22(27)25(20)13-16/h2-5,10,16-18H,6-9,11-14H2,1H3. The molecule has 0 spiro atoms. The summed E-state index contributed by atoms with van der Waals surface area (Å²) in [6, 6.07) is 8.84. The van der Waals surface area contributed by atoms with Gasteiger partial charge in [0, 0.05) is 62.2 Å². The van der Waals surface area contributed by atoms with Crippen LogP contribution in [0.3, 0.4) is 0 Å². The van der Waals surface area contributed by atoms with Crippen LogP contribution in [0.4, 0.5) is 0 Å².